The van der Waals surface area contributed by atoms with Crippen LogP contribution >= 0.6 is 0 Å². The second-order valence-electron chi connectivity index (χ2n) is 6.77. The number of rotatable bonds is 5. The van der Waals surface area contributed by atoms with Gasteiger partial charge in [0.2, 0.25) is 0 Å². The highest BCUT2D eigenvalue weighted by Gasteiger charge is 2.27. The predicted octanol–water partition coefficient (Wildman–Crippen LogP) is 4.53. The van der Waals surface area contributed by atoms with E-state index in [2.05, 4.69) is 33.0 Å². The van der Waals surface area contributed by atoms with Crippen molar-refractivity contribution in [3.63, 3.8) is 0 Å². The molecule has 1 aliphatic rings. The minimum atomic E-state index is -0.246. The zero-order valence-corrected chi connectivity index (χ0v) is 13.7. The number of hydrogen-bond acceptors (Lipinski definition) is 2. The minimum Gasteiger partial charge on any atom is -0.487 e. The van der Waals surface area contributed by atoms with Crippen molar-refractivity contribution in [1.29, 1.82) is 0 Å². The van der Waals surface area contributed by atoms with Crippen molar-refractivity contribution in [3.05, 3.63) is 29.6 Å². The van der Waals surface area contributed by atoms with Gasteiger partial charge in [-0.05, 0) is 37.2 Å². The Labute approximate surface area is 128 Å². The van der Waals surface area contributed by atoms with E-state index in [1.165, 1.54) is 12.5 Å². The van der Waals surface area contributed by atoms with E-state index in [-0.39, 0.29) is 11.9 Å². The molecular weight excluding hydrogens is 265 g/mol. The van der Waals surface area contributed by atoms with Crippen molar-refractivity contribution < 1.29 is 9.13 Å². The Hall–Kier alpha value is -1.09. The highest BCUT2D eigenvalue weighted by molar-refractivity contribution is 5.35. The maximum absolute atomic E-state index is 14.2. The fourth-order valence-electron chi connectivity index (χ4n) is 2.91. The van der Waals surface area contributed by atoms with Crippen LogP contribution in [0.25, 0.3) is 0 Å². The first-order valence-corrected chi connectivity index (χ1v) is 8.14. The molecule has 0 amide bonds. The summed E-state index contributed by atoms with van der Waals surface area (Å²) in [5, 5.41) is 3.34. The van der Waals surface area contributed by atoms with Gasteiger partial charge in [0.1, 0.15) is 0 Å². The standard InChI is InChI=1S/C18H28FNO/c1-12(2)20-11-15-6-5-7-17(19)18(15)21-16-9-8-13(3)14(4)10-16/h5-7,12-14,16,20H,8-11H2,1-4H3. The molecule has 0 radical (unpaired) electrons. The summed E-state index contributed by atoms with van der Waals surface area (Å²) >= 11 is 0. The summed E-state index contributed by atoms with van der Waals surface area (Å²) in [7, 11) is 0. The number of benzene rings is 1. The van der Waals surface area contributed by atoms with Crippen molar-refractivity contribution in [2.24, 2.45) is 11.8 Å². The van der Waals surface area contributed by atoms with Crippen molar-refractivity contribution in [3.8, 4) is 5.75 Å². The lowest BCUT2D eigenvalue weighted by atomic mass is 9.80. The van der Waals surface area contributed by atoms with Crippen molar-refractivity contribution in [2.75, 3.05) is 0 Å². The van der Waals surface area contributed by atoms with Crippen LogP contribution in [-0.4, -0.2) is 12.1 Å². The molecule has 2 rings (SSSR count). The Morgan fingerprint density at radius 2 is 2.00 bits per heavy atom. The van der Waals surface area contributed by atoms with E-state index in [1.807, 2.05) is 6.07 Å². The molecule has 2 nitrogen and oxygen atoms in total. The zero-order valence-electron chi connectivity index (χ0n) is 13.7. The van der Waals surface area contributed by atoms with Crippen molar-refractivity contribution in [1.82, 2.24) is 5.32 Å². The molecule has 1 aromatic rings. The van der Waals surface area contributed by atoms with E-state index in [0.717, 1.165) is 24.3 Å². The van der Waals surface area contributed by atoms with E-state index >= 15 is 0 Å². The average Bonchev–Trinajstić information content (AvgIpc) is 2.43. The molecule has 21 heavy (non-hydrogen) atoms. The summed E-state index contributed by atoms with van der Waals surface area (Å²) in [5.74, 6) is 1.59. The van der Waals surface area contributed by atoms with Gasteiger partial charge in [-0.2, -0.15) is 0 Å². The predicted molar refractivity (Wildman–Crippen MR) is 85.0 cm³/mol. The summed E-state index contributed by atoms with van der Waals surface area (Å²) in [5.41, 5.74) is 0.912. The summed E-state index contributed by atoms with van der Waals surface area (Å²) in [4.78, 5) is 0. The van der Waals surface area contributed by atoms with Gasteiger partial charge in [0.05, 0.1) is 6.10 Å². The van der Waals surface area contributed by atoms with Gasteiger partial charge >= 0.3 is 0 Å². The molecule has 1 fully saturated rings. The lowest BCUT2D eigenvalue weighted by Crippen LogP contribution is -2.30. The van der Waals surface area contributed by atoms with Crippen LogP contribution in [0.3, 0.4) is 0 Å². The Morgan fingerprint density at radius 1 is 1.24 bits per heavy atom. The molecule has 3 heteroatoms. The van der Waals surface area contributed by atoms with E-state index < -0.39 is 0 Å². The largest absolute Gasteiger partial charge is 0.487 e. The Balaban J connectivity index is 2.08. The normalized spacial score (nSPS) is 26.1. The number of ether oxygens (including phenoxy) is 1. The quantitative estimate of drug-likeness (QED) is 0.861. The van der Waals surface area contributed by atoms with E-state index in [4.69, 9.17) is 4.74 Å². The third-order valence-corrected chi connectivity index (χ3v) is 4.58. The topological polar surface area (TPSA) is 21.3 Å². The van der Waals surface area contributed by atoms with Crippen LogP contribution in [0.4, 0.5) is 4.39 Å². The minimum absolute atomic E-state index is 0.144. The maximum Gasteiger partial charge on any atom is 0.165 e. The molecule has 0 spiro atoms. The first-order chi connectivity index (χ1) is 9.97. The highest BCUT2D eigenvalue weighted by Crippen LogP contribution is 2.33. The zero-order chi connectivity index (χ0) is 15.4. The van der Waals surface area contributed by atoms with Gasteiger partial charge in [0.15, 0.2) is 11.6 Å². The van der Waals surface area contributed by atoms with E-state index in [1.54, 1.807) is 6.07 Å². The molecule has 1 N–H and O–H groups in total. The van der Waals surface area contributed by atoms with Crippen LogP contribution in [0.15, 0.2) is 18.2 Å². The van der Waals surface area contributed by atoms with Gasteiger partial charge in [-0.25, -0.2) is 4.39 Å². The molecule has 0 saturated heterocycles. The number of hydrogen-bond donors (Lipinski definition) is 1. The monoisotopic (exact) mass is 293 g/mol. The summed E-state index contributed by atoms with van der Waals surface area (Å²) in [6.07, 6.45) is 3.36. The van der Waals surface area contributed by atoms with Crippen LogP contribution in [0.5, 0.6) is 5.75 Å². The Morgan fingerprint density at radius 3 is 2.67 bits per heavy atom. The second kappa shape index (κ2) is 7.26. The molecule has 3 unspecified atom stereocenters. The highest BCUT2D eigenvalue weighted by atomic mass is 19.1. The number of para-hydroxylation sites is 1. The molecule has 0 bridgehead atoms. The van der Waals surface area contributed by atoms with Crippen LogP contribution < -0.4 is 10.1 Å². The Bertz CT molecular complexity index is 461. The summed E-state index contributed by atoms with van der Waals surface area (Å²) < 4.78 is 20.2. The average molecular weight is 293 g/mol. The number of halogens is 1. The van der Waals surface area contributed by atoms with Crippen molar-refractivity contribution >= 4 is 0 Å². The third kappa shape index (κ3) is 4.44. The van der Waals surface area contributed by atoms with Gasteiger partial charge in [-0.1, -0.05) is 39.8 Å². The lowest BCUT2D eigenvalue weighted by molar-refractivity contribution is 0.0956. The van der Waals surface area contributed by atoms with Gasteiger partial charge in [-0.3, -0.25) is 0 Å². The lowest BCUT2D eigenvalue weighted by Gasteiger charge is -2.32. The molecule has 1 aromatic carbocycles. The van der Waals surface area contributed by atoms with Crippen LogP contribution in [0, 0.1) is 17.7 Å². The third-order valence-electron chi connectivity index (χ3n) is 4.58. The Kier molecular flexibility index (Phi) is 5.63. The maximum atomic E-state index is 14.2. The first kappa shape index (κ1) is 16.3. The molecule has 3 atom stereocenters. The van der Waals surface area contributed by atoms with Gasteiger partial charge in [-0.15, -0.1) is 0 Å². The smallest absolute Gasteiger partial charge is 0.165 e. The van der Waals surface area contributed by atoms with E-state index in [9.17, 15) is 4.39 Å². The molecule has 118 valence electrons. The molecule has 0 aliphatic heterocycles. The molecule has 0 heterocycles. The van der Waals surface area contributed by atoms with Crippen LogP contribution in [0.2, 0.25) is 0 Å². The van der Waals surface area contributed by atoms with Crippen LogP contribution in [-0.2, 0) is 6.54 Å². The van der Waals surface area contributed by atoms with Crippen molar-refractivity contribution in [2.45, 2.75) is 65.6 Å². The first-order valence-electron chi connectivity index (χ1n) is 8.14. The summed E-state index contributed by atoms with van der Waals surface area (Å²) in [6, 6.07) is 5.56. The van der Waals surface area contributed by atoms with Crippen LogP contribution in [0.1, 0.15) is 52.5 Å². The molecular formula is C18H28FNO. The second-order valence-corrected chi connectivity index (χ2v) is 6.77. The fourth-order valence-corrected chi connectivity index (χ4v) is 2.91. The summed E-state index contributed by atoms with van der Waals surface area (Å²) in [6.45, 7) is 9.38. The number of nitrogens with one attached hydrogen (secondary N) is 1. The molecule has 1 saturated carbocycles. The molecule has 0 aromatic heterocycles. The van der Waals surface area contributed by atoms with E-state index in [0.29, 0.717) is 24.3 Å². The fraction of sp³-hybridized carbons (Fsp3) is 0.667. The molecule has 1 aliphatic carbocycles. The van der Waals surface area contributed by atoms with Gasteiger partial charge in [0, 0.05) is 18.2 Å². The SMILES string of the molecule is CC(C)NCc1cccc(F)c1OC1CCC(C)C(C)C1. The van der Waals surface area contributed by atoms with Gasteiger partial charge in [0.25, 0.3) is 0 Å². The van der Waals surface area contributed by atoms with Gasteiger partial charge < -0.3 is 10.1 Å².